The monoisotopic (exact) mass is 684 g/mol. The average molecular weight is 685 g/mol. The molecule has 0 spiro atoms. The van der Waals surface area contributed by atoms with E-state index in [4.69, 9.17) is 19.2 Å². The van der Waals surface area contributed by atoms with Crippen molar-refractivity contribution in [1.82, 2.24) is 10.3 Å². The lowest BCUT2D eigenvalue weighted by Crippen LogP contribution is -2.66. The van der Waals surface area contributed by atoms with Crippen molar-refractivity contribution in [2.24, 2.45) is 0 Å². The maximum absolute atomic E-state index is 14.0. The fraction of sp³-hybridized carbons (Fsp3) is 0.500. The van der Waals surface area contributed by atoms with Gasteiger partial charge in [0, 0.05) is 12.6 Å². The van der Waals surface area contributed by atoms with Crippen LogP contribution < -0.4 is 29.7 Å². The van der Waals surface area contributed by atoms with Crippen LogP contribution in [-0.4, -0.2) is 79.9 Å². The Bertz CT molecular complexity index is 1740. The topological polar surface area (TPSA) is 120 Å². The fourth-order valence-electron chi connectivity index (χ4n) is 6.49. The molecule has 252 valence electrons. The van der Waals surface area contributed by atoms with Gasteiger partial charge in [0.1, 0.15) is 11.3 Å². The molecule has 1 aliphatic carbocycles. The number of benzene rings is 2. The molecule has 8 rings (SSSR count). The van der Waals surface area contributed by atoms with E-state index in [9.17, 15) is 31.5 Å². The first-order valence-electron chi connectivity index (χ1n) is 14.8. The molecule has 5 aliphatic rings. The van der Waals surface area contributed by atoms with Crippen molar-refractivity contribution in [2.45, 2.75) is 62.3 Å². The summed E-state index contributed by atoms with van der Waals surface area (Å²) in [6, 6.07) is 5.35. The number of alkyl halides is 5. The van der Waals surface area contributed by atoms with Crippen molar-refractivity contribution in [2.75, 3.05) is 43.7 Å². The molecule has 1 aromatic heterocycles. The summed E-state index contributed by atoms with van der Waals surface area (Å²) < 4.78 is 95.0. The summed E-state index contributed by atoms with van der Waals surface area (Å²) >= 11 is 1.27. The van der Waals surface area contributed by atoms with Gasteiger partial charge in [-0.25, -0.2) is 4.98 Å². The van der Waals surface area contributed by atoms with E-state index in [1.54, 1.807) is 12.1 Å². The molecule has 2 N–H and O–H groups in total. The molecule has 1 saturated carbocycles. The molecule has 11 nitrogen and oxygen atoms in total. The van der Waals surface area contributed by atoms with Gasteiger partial charge in [0.2, 0.25) is 0 Å². The van der Waals surface area contributed by atoms with Gasteiger partial charge in [-0.05, 0) is 50.8 Å². The molecule has 2 amide bonds. The third kappa shape index (κ3) is 5.47. The summed E-state index contributed by atoms with van der Waals surface area (Å²) in [5.74, 6) is -2.25. The third-order valence-corrected chi connectivity index (χ3v) is 10.3. The van der Waals surface area contributed by atoms with E-state index >= 15 is 0 Å². The minimum absolute atomic E-state index is 0.0166. The molecule has 4 fully saturated rings. The van der Waals surface area contributed by atoms with Crippen molar-refractivity contribution >= 4 is 44.2 Å². The van der Waals surface area contributed by atoms with Gasteiger partial charge < -0.3 is 39.2 Å². The molecule has 17 heteroatoms. The molecule has 0 radical (unpaired) electrons. The van der Waals surface area contributed by atoms with Gasteiger partial charge in [-0.3, -0.25) is 9.59 Å². The largest absolute Gasteiger partial charge is 0.586 e. The Labute approximate surface area is 268 Å². The lowest BCUT2D eigenvalue weighted by molar-refractivity contribution is -0.317. The second-order valence-corrected chi connectivity index (χ2v) is 13.1. The SMILES string of the molecule is COc1ccc2nc(N3CCOC[C@@H]3C)sc2c1C(=O)Nc1cc2c(cc1C(=O)NC13CCC(C(F)(F)F)(CC1)OC3)OC(F)(F)O2. The highest BCUT2D eigenvalue weighted by atomic mass is 32.1. The first kappa shape index (κ1) is 31.6. The lowest BCUT2D eigenvalue weighted by Gasteiger charge is -2.53. The number of rotatable bonds is 6. The van der Waals surface area contributed by atoms with Crippen LogP contribution in [0.4, 0.5) is 32.8 Å². The normalized spacial score (nSPS) is 26.4. The van der Waals surface area contributed by atoms with Crippen LogP contribution >= 0.6 is 11.3 Å². The van der Waals surface area contributed by atoms with Gasteiger partial charge in [-0.2, -0.15) is 13.2 Å². The van der Waals surface area contributed by atoms with E-state index in [0.717, 1.165) is 12.1 Å². The van der Waals surface area contributed by atoms with Crippen LogP contribution in [0, 0.1) is 0 Å². The quantitative estimate of drug-likeness (QED) is 0.326. The number of amides is 2. The zero-order valence-corrected chi connectivity index (χ0v) is 25.9. The predicted molar refractivity (Wildman–Crippen MR) is 158 cm³/mol. The smallest absolute Gasteiger partial charge is 0.496 e. The third-order valence-electron chi connectivity index (χ3n) is 9.14. The van der Waals surface area contributed by atoms with Crippen molar-refractivity contribution in [3.05, 3.63) is 35.4 Å². The Hall–Kier alpha value is -3.96. The van der Waals surface area contributed by atoms with Crippen molar-refractivity contribution in [1.29, 1.82) is 0 Å². The number of ether oxygens (including phenoxy) is 5. The summed E-state index contributed by atoms with van der Waals surface area (Å²) in [4.78, 5) is 34.5. The van der Waals surface area contributed by atoms with Crippen LogP contribution in [0.15, 0.2) is 24.3 Å². The minimum atomic E-state index is -4.56. The van der Waals surface area contributed by atoms with Gasteiger partial charge in [0.05, 0.1) is 60.0 Å². The van der Waals surface area contributed by atoms with E-state index in [2.05, 4.69) is 25.0 Å². The highest BCUT2D eigenvalue weighted by Gasteiger charge is 2.63. The highest BCUT2D eigenvalue weighted by Crippen LogP contribution is 2.52. The Morgan fingerprint density at radius 1 is 1.09 bits per heavy atom. The summed E-state index contributed by atoms with van der Waals surface area (Å²) in [6.07, 6.45) is -9.32. The maximum atomic E-state index is 14.0. The lowest BCUT2D eigenvalue weighted by atomic mass is 9.70. The predicted octanol–water partition coefficient (Wildman–Crippen LogP) is 5.48. The van der Waals surface area contributed by atoms with Crippen LogP contribution in [0.1, 0.15) is 53.3 Å². The molecule has 47 heavy (non-hydrogen) atoms. The second kappa shape index (κ2) is 11.1. The van der Waals surface area contributed by atoms with Gasteiger partial charge in [0.15, 0.2) is 22.2 Å². The number of carbonyl (C=O) groups excluding carboxylic acids is 2. The first-order chi connectivity index (χ1) is 22.2. The zero-order chi connectivity index (χ0) is 33.4. The number of morpholine rings is 1. The van der Waals surface area contributed by atoms with Crippen LogP contribution in [0.25, 0.3) is 10.2 Å². The zero-order valence-electron chi connectivity index (χ0n) is 25.1. The number of nitrogens with zero attached hydrogens (tertiary/aromatic N) is 2. The summed E-state index contributed by atoms with van der Waals surface area (Å²) in [5.41, 5.74) is -3.26. The number of hydrogen-bond donors (Lipinski definition) is 2. The van der Waals surface area contributed by atoms with E-state index in [-0.39, 0.29) is 54.3 Å². The van der Waals surface area contributed by atoms with Crippen LogP contribution in [0.3, 0.4) is 0 Å². The molecule has 1 atom stereocenters. The number of hydrogen-bond acceptors (Lipinski definition) is 10. The number of carbonyl (C=O) groups is 2. The maximum Gasteiger partial charge on any atom is 0.586 e. The number of halogens is 5. The Morgan fingerprint density at radius 2 is 1.81 bits per heavy atom. The van der Waals surface area contributed by atoms with E-state index in [0.29, 0.717) is 35.1 Å². The molecule has 0 unspecified atom stereocenters. The van der Waals surface area contributed by atoms with Gasteiger partial charge in [-0.1, -0.05) is 11.3 Å². The molecular weight excluding hydrogens is 655 g/mol. The molecule has 4 aliphatic heterocycles. The highest BCUT2D eigenvalue weighted by molar-refractivity contribution is 7.22. The van der Waals surface area contributed by atoms with Gasteiger partial charge in [0.25, 0.3) is 11.8 Å². The molecular formula is C30H29F5N4O7S. The van der Waals surface area contributed by atoms with Crippen LogP contribution in [-0.2, 0) is 9.47 Å². The minimum Gasteiger partial charge on any atom is -0.496 e. The fourth-order valence-corrected chi connectivity index (χ4v) is 7.71. The second-order valence-electron chi connectivity index (χ2n) is 12.1. The Morgan fingerprint density at radius 3 is 2.45 bits per heavy atom. The number of anilines is 2. The standard InChI is InChI=1S/C30H29F5N4O7S/c1-15-13-43-10-9-39(15)26-37-17-3-4-19(42-2)22(23(17)47-26)25(41)36-18-12-21-20(45-30(34,35)46-21)11-16(18)24(40)38-27-5-7-28(8-6-27,44-14-27)29(31,32)33/h3-4,11-12,15H,5-10,13-14H2,1-2H3,(H,36,41)(H,38,40)/t15-,27?,28?/m0/s1. The van der Waals surface area contributed by atoms with Crippen molar-refractivity contribution in [3.8, 4) is 17.2 Å². The molecule has 2 aromatic carbocycles. The van der Waals surface area contributed by atoms with Crippen molar-refractivity contribution < 1.29 is 55.2 Å². The van der Waals surface area contributed by atoms with E-state index in [1.807, 2.05) is 6.92 Å². The van der Waals surface area contributed by atoms with E-state index in [1.165, 1.54) is 18.4 Å². The van der Waals surface area contributed by atoms with Gasteiger partial charge in [-0.15, -0.1) is 8.78 Å². The number of aromatic nitrogens is 1. The number of thiazole rings is 1. The van der Waals surface area contributed by atoms with Crippen LogP contribution in [0.5, 0.6) is 17.2 Å². The molecule has 2 bridgehead atoms. The molecule has 3 aromatic rings. The summed E-state index contributed by atoms with van der Waals surface area (Å²) in [7, 11) is 1.38. The first-order valence-corrected chi connectivity index (χ1v) is 15.6. The number of methoxy groups -OCH3 is 1. The summed E-state index contributed by atoms with van der Waals surface area (Å²) in [6.45, 7) is 3.23. The van der Waals surface area contributed by atoms with Crippen molar-refractivity contribution in [3.63, 3.8) is 0 Å². The Kier molecular flexibility index (Phi) is 7.44. The van der Waals surface area contributed by atoms with Crippen LogP contribution in [0.2, 0.25) is 0 Å². The molecule has 3 saturated heterocycles. The Balaban J connectivity index is 1.21. The number of nitrogens with one attached hydrogen (secondary N) is 2. The number of fused-ring (bicyclic) bond motifs is 5. The average Bonchev–Trinajstić information content (AvgIpc) is 3.59. The summed E-state index contributed by atoms with van der Waals surface area (Å²) in [5, 5.41) is 6.06. The van der Waals surface area contributed by atoms with E-state index < -0.39 is 53.5 Å². The molecule has 5 heterocycles. The van der Waals surface area contributed by atoms with Gasteiger partial charge >= 0.3 is 12.5 Å².